The van der Waals surface area contributed by atoms with E-state index < -0.39 is 31.5 Å². The summed E-state index contributed by atoms with van der Waals surface area (Å²) < 4.78 is 59.0. The van der Waals surface area contributed by atoms with E-state index in [-0.39, 0.29) is 63.8 Å². The Labute approximate surface area is 260 Å². The van der Waals surface area contributed by atoms with Gasteiger partial charge in [-0.15, -0.1) is 0 Å². The van der Waals surface area contributed by atoms with Crippen LogP contribution in [0.3, 0.4) is 0 Å². The number of sulfone groups is 1. The van der Waals surface area contributed by atoms with E-state index in [9.17, 15) is 31.0 Å². The van der Waals surface area contributed by atoms with E-state index >= 15 is 0 Å². The fraction of sp³-hybridized carbons (Fsp3) is 0.167. The summed E-state index contributed by atoms with van der Waals surface area (Å²) in [6.45, 7) is 0.254. The number of allylic oxidation sites excluding steroid dienone is 5. The largest absolute Gasteiger partial charge is 1.00 e. The van der Waals surface area contributed by atoms with Crippen LogP contribution in [0.2, 0.25) is 0 Å². The maximum Gasteiger partial charge on any atom is 1.00 e. The Morgan fingerprint density at radius 1 is 1.13 bits per heavy atom. The fourth-order valence-corrected chi connectivity index (χ4v) is 7.21. The second-order valence-electron chi connectivity index (χ2n) is 7.98. The maximum absolute atomic E-state index is 12.7. The van der Waals surface area contributed by atoms with E-state index in [4.69, 9.17) is 0 Å². The van der Waals surface area contributed by atoms with Gasteiger partial charge in [-0.25, -0.2) is 16.8 Å². The summed E-state index contributed by atoms with van der Waals surface area (Å²) in [7, 11) is -8.25. The van der Waals surface area contributed by atoms with Gasteiger partial charge in [-0.05, 0) is 48.9 Å². The molecule has 14 heteroatoms. The molecule has 1 N–H and O–H groups in total. The second-order valence-corrected chi connectivity index (χ2v) is 13.2. The Balaban J connectivity index is 0.00000400. The van der Waals surface area contributed by atoms with Crippen LogP contribution in [0.25, 0.3) is 0 Å². The third kappa shape index (κ3) is 6.99. The number of rotatable bonds is 8. The number of carbonyl (C=O) groups excluding carboxylic acids is 2. The zero-order valence-electron chi connectivity index (χ0n) is 20.1. The van der Waals surface area contributed by atoms with E-state index in [1.807, 2.05) is 27.5 Å². The van der Waals surface area contributed by atoms with Crippen LogP contribution in [0.1, 0.15) is 16.8 Å². The van der Waals surface area contributed by atoms with Crippen molar-refractivity contribution in [3.8, 4) is 0 Å². The first-order valence-electron chi connectivity index (χ1n) is 10.9. The molecule has 2 aromatic rings. The van der Waals surface area contributed by atoms with E-state index in [0.29, 0.717) is 15.1 Å². The molecular formula is C24H20IN2NaO7S3. The third-order valence-corrected chi connectivity index (χ3v) is 9.87. The number of fused-ring (bicyclic) bond motifs is 2. The average Bonchev–Trinajstić information content (AvgIpc) is 3.27. The number of nitrogens with one attached hydrogen (secondary N) is 1. The quantitative estimate of drug-likeness (QED) is 0.140. The number of amides is 1. The monoisotopic (exact) mass is 694 g/mol. The number of benzene rings is 2. The summed E-state index contributed by atoms with van der Waals surface area (Å²) in [5, 5.41) is 3.49. The van der Waals surface area contributed by atoms with E-state index in [1.54, 1.807) is 42.5 Å². The number of hydrogen-bond acceptors (Lipinski definition) is 9. The molecule has 0 aromatic heterocycles. The van der Waals surface area contributed by atoms with Crippen molar-refractivity contribution < 1.29 is 60.5 Å². The molecule has 0 saturated carbocycles. The number of halogens is 1. The molecule has 0 saturated heterocycles. The van der Waals surface area contributed by atoms with E-state index in [2.05, 4.69) is 5.32 Å². The van der Waals surface area contributed by atoms with Gasteiger partial charge >= 0.3 is 29.6 Å². The normalized spacial score (nSPS) is 18.1. The van der Waals surface area contributed by atoms with Crippen LogP contribution in [0, 0.1) is 0 Å². The maximum atomic E-state index is 12.7. The molecule has 0 unspecified atom stereocenters. The zero-order chi connectivity index (χ0) is 26.8. The Kier molecular flexibility index (Phi) is 10.5. The molecule has 4 rings (SSSR count). The third-order valence-electron chi connectivity index (χ3n) is 5.44. The number of thioether (sulfide) groups is 1. The molecule has 0 atom stereocenters. The Morgan fingerprint density at radius 2 is 1.84 bits per heavy atom. The number of alkyl halides is 1. The fourth-order valence-electron chi connectivity index (χ4n) is 3.84. The number of nitrogens with zero attached hydrogens (tertiary/aromatic N) is 1. The number of carbonyl (C=O) groups is 2. The summed E-state index contributed by atoms with van der Waals surface area (Å²) in [6.07, 6.45) is 6.11. The van der Waals surface area contributed by atoms with Crippen molar-refractivity contribution in [1.29, 1.82) is 0 Å². The summed E-state index contributed by atoms with van der Waals surface area (Å²) in [4.78, 5) is 26.7. The van der Waals surface area contributed by atoms with Crippen LogP contribution in [0.5, 0.6) is 0 Å². The van der Waals surface area contributed by atoms with Gasteiger partial charge in [0.1, 0.15) is 4.91 Å². The van der Waals surface area contributed by atoms with E-state index in [0.717, 1.165) is 10.6 Å². The van der Waals surface area contributed by atoms with E-state index in [1.165, 1.54) is 36.0 Å². The standard InChI is InChI=1S/C24H21IN2O7S3.Na/c25-15-22(28)26-16-10-11-18-19(14-16)35-23(27(18)12-5-13-36(30,31)32)9-4-3-8-21-24(29)17-6-1-2-7-20(17)37(21,33)34;/h1-4,6-11,14H,5,12-13,15H2,(H,26,28)(H,30,31,32);/q;+1/p-1. The number of anilines is 2. The molecule has 9 nitrogen and oxygen atoms in total. The minimum absolute atomic E-state index is 0. The molecule has 0 aliphatic carbocycles. The Morgan fingerprint density at radius 3 is 2.53 bits per heavy atom. The molecule has 2 aliphatic rings. The molecule has 0 radical (unpaired) electrons. The first-order valence-corrected chi connectivity index (χ1v) is 16.3. The molecule has 1 amide bonds. The SMILES string of the molecule is O=C(CI)Nc1ccc2c(c1)SC(=CC=CC=C1C(=O)c3ccccc3S1(=O)=O)N2CCCS(=O)(=O)[O-].[Na+]. The molecule has 0 fully saturated rings. The summed E-state index contributed by atoms with van der Waals surface area (Å²) in [5.41, 5.74) is 1.54. The number of Topliss-reactive ketones (excluding diaryl/α,β-unsaturated/α-hetero) is 1. The van der Waals surface area contributed by atoms with Crippen molar-refractivity contribution in [2.75, 3.05) is 26.9 Å². The molecule has 2 aliphatic heterocycles. The van der Waals surface area contributed by atoms with Gasteiger partial charge < -0.3 is 14.8 Å². The number of ketones is 1. The van der Waals surface area contributed by atoms with Gasteiger partial charge in [0.2, 0.25) is 21.5 Å². The minimum atomic E-state index is -4.36. The molecular weight excluding hydrogens is 674 g/mol. The van der Waals surface area contributed by atoms with Crippen molar-refractivity contribution in [3.63, 3.8) is 0 Å². The summed E-state index contributed by atoms with van der Waals surface area (Å²) >= 11 is 3.33. The second kappa shape index (κ2) is 12.8. The molecule has 0 spiro atoms. The van der Waals surface area contributed by atoms with Gasteiger partial charge in [-0.3, -0.25) is 9.59 Å². The predicted octanol–water partition coefficient (Wildman–Crippen LogP) is 0.863. The van der Waals surface area contributed by atoms with Crippen molar-refractivity contribution >= 4 is 77.4 Å². The predicted molar refractivity (Wildman–Crippen MR) is 150 cm³/mol. The van der Waals surface area contributed by atoms with Gasteiger partial charge in [0.15, 0.2) is 0 Å². The van der Waals surface area contributed by atoms with Crippen molar-refractivity contribution in [1.82, 2.24) is 0 Å². The van der Waals surface area contributed by atoms with Crippen LogP contribution in [-0.4, -0.2) is 49.8 Å². The van der Waals surface area contributed by atoms with Crippen LogP contribution < -0.4 is 39.8 Å². The topological polar surface area (TPSA) is 141 Å². The first-order chi connectivity index (χ1) is 17.5. The van der Waals surface area contributed by atoms with Gasteiger partial charge in [-0.2, -0.15) is 0 Å². The number of hydrogen-bond donors (Lipinski definition) is 1. The van der Waals surface area contributed by atoms with Crippen LogP contribution in [-0.2, 0) is 24.7 Å². The average molecular weight is 695 g/mol. The van der Waals surface area contributed by atoms with Crippen LogP contribution in [0.4, 0.5) is 11.4 Å². The zero-order valence-corrected chi connectivity index (χ0v) is 26.7. The van der Waals surface area contributed by atoms with Crippen molar-refractivity contribution in [2.24, 2.45) is 0 Å². The Bertz CT molecular complexity index is 1590. The van der Waals surface area contributed by atoms with Crippen LogP contribution in [0.15, 0.2) is 86.5 Å². The first kappa shape index (κ1) is 31.1. The van der Waals surface area contributed by atoms with Gasteiger partial charge in [0.05, 0.1) is 30.2 Å². The summed E-state index contributed by atoms with van der Waals surface area (Å²) in [5.74, 6) is -1.22. The molecule has 2 heterocycles. The van der Waals surface area contributed by atoms with Crippen molar-refractivity contribution in [3.05, 3.63) is 82.3 Å². The smallest absolute Gasteiger partial charge is 0.748 e. The molecule has 38 heavy (non-hydrogen) atoms. The van der Waals surface area contributed by atoms with Gasteiger partial charge in [0.25, 0.3) is 0 Å². The molecule has 2 aromatic carbocycles. The minimum Gasteiger partial charge on any atom is -0.748 e. The Hall–Kier alpha value is -1.46. The van der Waals surface area contributed by atoms with Crippen LogP contribution >= 0.6 is 34.4 Å². The van der Waals surface area contributed by atoms with Crippen molar-refractivity contribution in [2.45, 2.75) is 16.2 Å². The molecule has 0 bridgehead atoms. The summed E-state index contributed by atoms with van der Waals surface area (Å²) in [6, 6.07) is 11.4. The molecule has 194 valence electrons. The van der Waals surface area contributed by atoms with Gasteiger partial charge in [0, 0.05) is 28.4 Å². The van der Waals surface area contributed by atoms with Gasteiger partial charge in [-0.1, -0.05) is 58.6 Å².